The van der Waals surface area contributed by atoms with Crippen LogP contribution in [0.4, 0.5) is 17.6 Å². The molecule has 1 heterocycles. The van der Waals surface area contributed by atoms with Crippen molar-refractivity contribution in [3.8, 4) is 5.75 Å². The van der Waals surface area contributed by atoms with Gasteiger partial charge in [0.1, 0.15) is 11.6 Å². The van der Waals surface area contributed by atoms with Crippen molar-refractivity contribution in [1.82, 2.24) is 4.98 Å². The van der Waals surface area contributed by atoms with Crippen LogP contribution < -0.4 is 4.74 Å². The highest BCUT2D eigenvalue weighted by molar-refractivity contribution is 5.16. The van der Waals surface area contributed by atoms with Gasteiger partial charge in [-0.1, -0.05) is 0 Å². The van der Waals surface area contributed by atoms with Crippen molar-refractivity contribution in [3.63, 3.8) is 0 Å². The number of hydrogen-bond acceptors (Lipinski definition) is 2. The van der Waals surface area contributed by atoms with E-state index in [1.165, 1.54) is 0 Å². The van der Waals surface area contributed by atoms with Gasteiger partial charge in [0, 0.05) is 6.07 Å². The monoisotopic (exact) mass is 195 g/mol. The molecule has 0 saturated heterocycles. The van der Waals surface area contributed by atoms with Gasteiger partial charge in [-0.25, -0.2) is 4.39 Å². The zero-order chi connectivity index (χ0) is 9.90. The van der Waals surface area contributed by atoms with Gasteiger partial charge in [0.15, 0.2) is 6.61 Å². The zero-order valence-electron chi connectivity index (χ0n) is 6.31. The van der Waals surface area contributed by atoms with Gasteiger partial charge < -0.3 is 4.74 Å². The lowest BCUT2D eigenvalue weighted by molar-refractivity contribution is -0.153. The first-order valence-corrected chi connectivity index (χ1v) is 3.27. The van der Waals surface area contributed by atoms with Gasteiger partial charge in [-0.3, -0.25) is 4.98 Å². The van der Waals surface area contributed by atoms with Gasteiger partial charge >= 0.3 is 6.18 Å². The first kappa shape index (κ1) is 9.76. The average molecular weight is 195 g/mol. The summed E-state index contributed by atoms with van der Waals surface area (Å²) in [6.45, 7) is -1.45. The molecule has 0 N–H and O–H groups in total. The van der Waals surface area contributed by atoms with Gasteiger partial charge in [-0.15, -0.1) is 0 Å². The number of pyridine rings is 1. The molecule has 0 fully saturated rings. The summed E-state index contributed by atoms with van der Waals surface area (Å²) in [6.07, 6.45) is -2.54. The van der Waals surface area contributed by atoms with Crippen LogP contribution in [0.3, 0.4) is 0 Å². The van der Waals surface area contributed by atoms with Crippen molar-refractivity contribution in [2.45, 2.75) is 6.18 Å². The number of rotatable bonds is 2. The van der Waals surface area contributed by atoms with Gasteiger partial charge in [0.2, 0.25) is 0 Å². The highest BCUT2D eigenvalue weighted by Crippen LogP contribution is 2.17. The molecule has 0 saturated carbocycles. The van der Waals surface area contributed by atoms with Crippen LogP contribution in [0.2, 0.25) is 0 Å². The molecule has 1 aromatic rings. The molecule has 0 bridgehead atoms. The van der Waals surface area contributed by atoms with Crippen molar-refractivity contribution in [1.29, 1.82) is 0 Å². The minimum atomic E-state index is -4.42. The first-order chi connectivity index (χ1) is 5.97. The quantitative estimate of drug-likeness (QED) is 0.674. The van der Waals surface area contributed by atoms with Crippen molar-refractivity contribution < 1.29 is 22.3 Å². The van der Waals surface area contributed by atoms with Crippen LogP contribution in [0.5, 0.6) is 5.75 Å². The molecule has 0 spiro atoms. The SMILES string of the molecule is Fc1cncc(OCC(F)(F)F)c1. The molecule has 13 heavy (non-hydrogen) atoms. The summed E-state index contributed by atoms with van der Waals surface area (Å²) >= 11 is 0. The van der Waals surface area contributed by atoms with E-state index in [9.17, 15) is 17.6 Å². The van der Waals surface area contributed by atoms with E-state index < -0.39 is 18.6 Å². The molecule has 1 rings (SSSR count). The molecule has 0 amide bonds. The smallest absolute Gasteiger partial charge is 0.422 e. The van der Waals surface area contributed by atoms with E-state index in [2.05, 4.69) is 9.72 Å². The van der Waals surface area contributed by atoms with Crippen LogP contribution in [0.1, 0.15) is 0 Å². The fraction of sp³-hybridized carbons (Fsp3) is 0.286. The molecule has 72 valence electrons. The second-order valence-corrected chi connectivity index (χ2v) is 2.24. The standard InChI is InChI=1S/C7H5F4NO/c8-5-1-6(3-12-2-5)13-4-7(9,10)11/h1-3H,4H2. The van der Waals surface area contributed by atoms with Gasteiger partial charge in [-0.2, -0.15) is 13.2 Å². The Labute approximate surface area is 71.2 Å². The highest BCUT2D eigenvalue weighted by Gasteiger charge is 2.28. The third-order valence-electron chi connectivity index (χ3n) is 1.08. The summed E-state index contributed by atoms with van der Waals surface area (Å²) in [6, 6.07) is 0.832. The van der Waals surface area contributed by atoms with E-state index >= 15 is 0 Å². The minimum absolute atomic E-state index is 0.239. The Morgan fingerprint density at radius 2 is 2.00 bits per heavy atom. The van der Waals surface area contributed by atoms with Crippen molar-refractivity contribution in [2.75, 3.05) is 6.61 Å². The maximum absolute atomic E-state index is 12.4. The van der Waals surface area contributed by atoms with Gasteiger partial charge in [0.25, 0.3) is 0 Å². The summed E-state index contributed by atoms with van der Waals surface area (Å²) in [5.41, 5.74) is 0. The summed E-state index contributed by atoms with van der Waals surface area (Å²) in [5, 5.41) is 0. The van der Waals surface area contributed by atoms with Crippen molar-refractivity contribution in [3.05, 3.63) is 24.3 Å². The number of hydrogen-bond donors (Lipinski definition) is 0. The largest absolute Gasteiger partial charge is 0.482 e. The fourth-order valence-electron chi connectivity index (χ4n) is 0.636. The van der Waals surface area contributed by atoms with Crippen LogP contribution >= 0.6 is 0 Å². The lowest BCUT2D eigenvalue weighted by Crippen LogP contribution is -2.19. The molecule has 0 unspecified atom stereocenters. The maximum atomic E-state index is 12.4. The van der Waals surface area contributed by atoms with E-state index in [1.54, 1.807) is 0 Å². The fourth-order valence-corrected chi connectivity index (χ4v) is 0.636. The highest BCUT2D eigenvalue weighted by atomic mass is 19.4. The summed E-state index contributed by atoms with van der Waals surface area (Å²) < 4.78 is 51.4. The molecule has 0 aromatic carbocycles. The van der Waals surface area contributed by atoms with Gasteiger partial charge in [-0.05, 0) is 0 Å². The molecular formula is C7H5F4NO. The normalized spacial score (nSPS) is 11.4. The predicted molar refractivity (Wildman–Crippen MR) is 35.7 cm³/mol. The second-order valence-electron chi connectivity index (χ2n) is 2.24. The average Bonchev–Trinajstić information content (AvgIpc) is 2.00. The maximum Gasteiger partial charge on any atom is 0.422 e. The van der Waals surface area contributed by atoms with E-state index in [-0.39, 0.29) is 5.75 Å². The third kappa shape index (κ3) is 3.73. The Morgan fingerprint density at radius 1 is 1.31 bits per heavy atom. The number of ether oxygens (including phenoxy) is 1. The zero-order valence-corrected chi connectivity index (χ0v) is 6.31. The van der Waals surface area contributed by atoms with Crippen LogP contribution in [0.15, 0.2) is 18.5 Å². The molecule has 0 atom stereocenters. The van der Waals surface area contributed by atoms with Crippen molar-refractivity contribution >= 4 is 0 Å². The van der Waals surface area contributed by atoms with E-state index in [0.717, 1.165) is 18.5 Å². The summed E-state index contributed by atoms with van der Waals surface area (Å²) in [5.74, 6) is -0.975. The van der Waals surface area contributed by atoms with E-state index in [1.807, 2.05) is 0 Å². The summed E-state index contributed by atoms with van der Waals surface area (Å²) in [7, 11) is 0. The molecule has 0 radical (unpaired) electrons. The first-order valence-electron chi connectivity index (χ1n) is 3.27. The van der Waals surface area contributed by atoms with E-state index in [0.29, 0.717) is 0 Å². The predicted octanol–water partition coefficient (Wildman–Crippen LogP) is 2.16. The second kappa shape index (κ2) is 3.59. The Bertz CT molecular complexity index is 286. The van der Waals surface area contributed by atoms with Crippen LogP contribution in [-0.2, 0) is 0 Å². The lowest BCUT2D eigenvalue weighted by Gasteiger charge is -2.07. The Kier molecular flexibility index (Phi) is 2.69. The van der Waals surface area contributed by atoms with Crippen LogP contribution in [-0.4, -0.2) is 17.8 Å². The summed E-state index contributed by atoms with van der Waals surface area (Å²) in [4.78, 5) is 3.32. The topological polar surface area (TPSA) is 22.1 Å². The van der Waals surface area contributed by atoms with Crippen molar-refractivity contribution in [2.24, 2.45) is 0 Å². The van der Waals surface area contributed by atoms with Crippen LogP contribution in [0, 0.1) is 5.82 Å². The third-order valence-corrected chi connectivity index (χ3v) is 1.08. The minimum Gasteiger partial charge on any atom is -0.482 e. The number of aromatic nitrogens is 1. The molecular weight excluding hydrogens is 190 g/mol. The Hall–Kier alpha value is -1.33. The van der Waals surface area contributed by atoms with E-state index in [4.69, 9.17) is 0 Å². The molecule has 0 aliphatic rings. The lowest BCUT2D eigenvalue weighted by atomic mass is 10.4. The molecule has 0 aliphatic heterocycles. The molecule has 0 aliphatic carbocycles. The Balaban J connectivity index is 2.55. The van der Waals surface area contributed by atoms with Gasteiger partial charge in [0.05, 0.1) is 12.4 Å². The Morgan fingerprint density at radius 3 is 2.54 bits per heavy atom. The number of alkyl halides is 3. The number of nitrogens with zero attached hydrogens (tertiary/aromatic N) is 1. The molecule has 6 heteroatoms. The van der Waals surface area contributed by atoms with Crippen LogP contribution in [0.25, 0.3) is 0 Å². The molecule has 1 aromatic heterocycles. The molecule has 2 nitrogen and oxygen atoms in total. The number of halogens is 4.